The van der Waals surface area contributed by atoms with Gasteiger partial charge in [-0.3, -0.25) is 0 Å². The van der Waals surface area contributed by atoms with Crippen LogP contribution in [-0.4, -0.2) is 91.6 Å². The van der Waals surface area contributed by atoms with Gasteiger partial charge in [0, 0.05) is 68.9 Å². The van der Waals surface area contributed by atoms with Gasteiger partial charge in [0.2, 0.25) is 0 Å². The van der Waals surface area contributed by atoms with E-state index in [0.29, 0.717) is 0 Å². The first-order valence-electron chi connectivity index (χ1n) is 0.955. The van der Waals surface area contributed by atoms with Gasteiger partial charge < -0.3 is 5.73 Å². The van der Waals surface area contributed by atoms with E-state index in [-0.39, 0.29) is 84.5 Å². The molecule has 0 aliphatic rings. The molecular formula is CH5CsI2NPb. The number of hydrogen-bond acceptors (Lipinski definition) is 1. The number of rotatable bonds is 0. The molecule has 0 aliphatic heterocycles. The molecule has 1 nitrogen and oxygen atoms in total. The van der Waals surface area contributed by atoms with E-state index in [0.717, 1.165) is 0 Å². The van der Waals surface area contributed by atoms with Crippen LogP contribution in [0, 0.1) is 0 Å². The fourth-order valence-corrected chi connectivity index (χ4v) is 0. The zero-order valence-electron chi connectivity index (χ0n) is 3.83. The second kappa shape index (κ2) is 22.7. The second-order valence-corrected chi connectivity index (χ2v) is 28.2. The summed E-state index contributed by atoms with van der Waals surface area (Å²) in [4.78, 5) is 0. The topological polar surface area (TPSA) is 26.0 Å². The third kappa shape index (κ3) is 23.8. The monoisotopic (exact) mass is 626 g/mol. The fourth-order valence-electron chi connectivity index (χ4n) is 0. The van der Waals surface area contributed by atoms with Crippen LogP contribution in [0.5, 0.6) is 0 Å². The Morgan fingerprint density at radius 2 is 1.33 bits per heavy atom. The van der Waals surface area contributed by atoms with Gasteiger partial charge >= 0.3 is 51.2 Å². The predicted octanol–water partition coefficient (Wildman–Crippen LogP) is 0.585. The van der Waals surface area contributed by atoms with Crippen LogP contribution in [0.15, 0.2) is 0 Å². The molecule has 2 N–H and O–H groups in total. The van der Waals surface area contributed by atoms with Crippen LogP contribution in [0.2, 0.25) is 0 Å². The first-order valence-corrected chi connectivity index (χ1v) is 22.8. The molecule has 0 aromatic rings. The molecule has 0 saturated carbocycles. The molecule has 0 amide bonds. The summed E-state index contributed by atoms with van der Waals surface area (Å²) >= 11 is 4.96. The van der Waals surface area contributed by atoms with Crippen molar-refractivity contribution in [3.8, 4) is 0 Å². The Morgan fingerprint density at radius 3 is 1.33 bits per heavy atom. The third-order valence-corrected chi connectivity index (χ3v) is 0. The average molecular weight is 625 g/mol. The van der Waals surface area contributed by atoms with Gasteiger partial charge in [-0.05, 0) is 7.05 Å². The Balaban J connectivity index is -0.0000000275. The van der Waals surface area contributed by atoms with Crippen LogP contribution in [0.4, 0.5) is 0 Å². The van der Waals surface area contributed by atoms with Crippen molar-refractivity contribution in [3.05, 3.63) is 0 Å². The Hall–Kier alpha value is 4.39. The molecule has 0 bridgehead atoms. The third-order valence-electron chi connectivity index (χ3n) is 0. The van der Waals surface area contributed by atoms with Gasteiger partial charge in [-0.15, -0.1) is 0 Å². The summed E-state index contributed by atoms with van der Waals surface area (Å²) in [6.45, 7) is 0. The number of nitrogens with two attached hydrogens (primary N) is 1. The Morgan fingerprint density at radius 1 is 1.33 bits per heavy atom. The second-order valence-electron chi connectivity index (χ2n) is 0.0714. The predicted molar refractivity (Wildman–Crippen MR) is 49.7 cm³/mol. The van der Waals surface area contributed by atoms with Crippen molar-refractivity contribution in [2.75, 3.05) is 7.05 Å². The SMILES string of the molecule is CN.[Cs].[I][Pb][I]. The van der Waals surface area contributed by atoms with Crippen LogP contribution >= 0.6 is 35.5 Å². The van der Waals surface area contributed by atoms with Gasteiger partial charge in [0.25, 0.3) is 0 Å². The average Bonchev–Trinajstić information content (AvgIpc) is 1.46. The summed E-state index contributed by atoms with van der Waals surface area (Å²) in [6.07, 6.45) is 0. The zero-order valence-corrected chi connectivity index (χ0v) is 18.3. The molecule has 0 aliphatic carbocycles. The minimum atomic E-state index is 0. The molecule has 0 saturated heterocycles. The van der Waals surface area contributed by atoms with Crippen molar-refractivity contribution in [3.63, 3.8) is 0 Å². The molecule has 0 fully saturated rings. The maximum absolute atomic E-state index is 4.50. The van der Waals surface area contributed by atoms with E-state index >= 15 is 0 Å². The van der Waals surface area contributed by atoms with Crippen LogP contribution in [0.3, 0.4) is 0 Å². The van der Waals surface area contributed by atoms with E-state index in [4.69, 9.17) is 0 Å². The summed E-state index contributed by atoms with van der Waals surface area (Å²) in [6, 6.07) is 0. The van der Waals surface area contributed by atoms with Crippen LogP contribution in [-0.2, 0) is 0 Å². The first kappa shape index (κ1) is 16.8. The van der Waals surface area contributed by atoms with E-state index in [1.165, 1.54) is 7.05 Å². The molecule has 0 heterocycles. The van der Waals surface area contributed by atoms with Gasteiger partial charge in [0.15, 0.2) is 0 Å². The fraction of sp³-hybridized carbons (Fsp3) is 1.00. The van der Waals surface area contributed by atoms with Gasteiger partial charge in [0.05, 0.1) is 0 Å². The molecule has 6 heavy (non-hydrogen) atoms. The standard InChI is InChI=1S/CH5N.Cs.2HI.Pb/c1-2;;;;/h2H2,1H3;;2*1H;/q;;;;+2/p-2. The van der Waals surface area contributed by atoms with Crippen molar-refractivity contribution in [1.29, 1.82) is 0 Å². The molecule has 3 radical (unpaired) electrons. The molecule has 0 unspecified atom stereocenters. The summed E-state index contributed by atoms with van der Waals surface area (Å²) in [7, 11) is 1.50. The molecule has 0 spiro atoms. The zero-order chi connectivity index (χ0) is 4.71. The number of hydrogen-bond donors (Lipinski definition) is 1. The molecule has 0 aromatic heterocycles. The van der Waals surface area contributed by atoms with Crippen molar-refractivity contribution in [1.82, 2.24) is 0 Å². The summed E-state index contributed by atoms with van der Waals surface area (Å²) in [5.74, 6) is 0. The maximum atomic E-state index is 4.50. The van der Waals surface area contributed by atoms with Crippen molar-refractivity contribution in [2.45, 2.75) is 0 Å². The molecule has 5 heteroatoms. The summed E-state index contributed by atoms with van der Waals surface area (Å²) in [5, 5.41) is 0. The number of halogens is 2. The van der Waals surface area contributed by atoms with Gasteiger partial charge in [-0.2, -0.15) is 0 Å². The quantitative estimate of drug-likeness (QED) is 0.310. The van der Waals surface area contributed by atoms with Crippen LogP contribution in [0.25, 0.3) is 0 Å². The first-order chi connectivity index (χ1) is 2.41. The summed E-state index contributed by atoms with van der Waals surface area (Å²) in [5.41, 5.74) is 4.50. The van der Waals surface area contributed by atoms with Crippen LogP contribution in [0.1, 0.15) is 0 Å². The Labute approximate surface area is 128 Å². The normalized spacial score (nSPS) is 4.00. The molecular weight excluding hydrogens is 620 g/mol. The van der Waals surface area contributed by atoms with Gasteiger partial charge in [-0.25, -0.2) is 0 Å². The minimum absolute atomic E-state index is 0. The van der Waals surface area contributed by atoms with Crippen molar-refractivity contribution < 1.29 is 0 Å². The van der Waals surface area contributed by atoms with Gasteiger partial charge in [0.1, 0.15) is 0 Å². The van der Waals surface area contributed by atoms with E-state index in [2.05, 4.69) is 41.3 Å². The van der Waals surface area contributed by atoms with E-state index in [1.807, 2.05) is 0 Å². The van der Waals surface area contributed by atoms with Crippen molar-refractivity contribution >= 4 is 120 Å². The molecule has 33 valence electrons. The van der Waals surface area contributed by atoms with E-state index in [1.54, 1.807) is 0 Å². The Bertz CT molecular complexity index is 13.5. The van der Waals surface area contributed by atoms with E-state index in [9.17, 15) is 0 Å². The van der Waals surface area contributed by atoms with E-state index < -0.39 is 0 Å². The molecule has 0 atom stereocenters. The van der Waals surface area contributed by atoms with Gasteiger partial charge in [-0.1, -0.05) is 0 Å². The van der Waals surface area contributed by atoms with Crippen molar-refractivity contribution in [2.24, 2.45) is 5.73 Å². The molecule has 0 aromatic carbocycles. The van der Waals surface area contributed by atoms with Crippen LogP contribution < -0.4 is 5.73 Å². The molecule has 0 rings (SSSR count). The summed E-state index contributed by atoms with van der Waals surface area (Å²) < 4.78 is 0. The Kier molecular flexibility index (Phi) is 63.6.